The van der Waals surface area contributed by atoms with E-state index in [-0.39, 0.29) is 5.54 Å². The average Bonchev–Trinajstić information content (AvgIpc) is 2.85. The Morgan fingerprint density at radius 3 is 2.47 bits per heavy atom. The molecule has 4 rings (SSSR count). The lowest BCUT2D eigenvalue weighted by Gasteiger charge is -2.39. The van der Waals surface area contributed by atoms with E-state index in [1.54, 1.807) is 0 Å². The maximum absolute atomic E-state index is 11.0. The number of hydrogen-bond donors (Lipinski definition) is 2. The van der Waals surface area contributed by atoms with Crippen molar-refractivity contribution in [2.24, 2.45) is 0 Å². The summed E-state index contributed by atoms with van der Waals surface area (Å²) in [5.41, 5.74) is 4.39. The number of nitrogens with zero attached hydrogens (tertiary/aromatic N) is 2. The molecule has 2 aromatic carbocycles. The van der Waals surface area contributed by atoms with Crippen molar-refractivity contribution < 1.29 is 14.6 Å². The molecule has 0 saturated carbocycles. The molecule has 3 aromatic rings. The van der Waals surface area contributed by atoms with Crippen LogP contribution in [-0.2, 0) is 0 Å². The SMILES string of the molecule is Cc1cc(C#Cc2ccc(-c3ccc(Cl)cc3)cn2)ccc1OCCN1CCC(C)(NC(=O)O)CC1. The number of aromatic nitrogens is 1. The number of amides is 1. The second-order valence-corrected chi connectivity index (χ2v) is 9.79. The first-order chi connectivity index (χ1) is 17.3. The summed E-state index contributed by atoms with van der Waals surface area (Å²) in [6, 6.07) is 17.5. The highest BCUT2D eigenvalue weighted by Gasteiger charge is 2.31. The van der Waals surface area contributed by atoms with E-state index in [2.05, 4.69) is 27.0 Å². The summed E-state index contributed by atoms with van der Waals surface area (Å²) in [5, 5.41) is 12.4. The summed E-state index contributed by atoms with van der Waals surface area (Å²) in [4.78, 5) is 17.7. The Balaban J connectivity index is 1.28. The Kier molecular flexibility index (Phi) is 8.14. The Hall–Kier alpha value is -3.53. The van der Waals surface area contributed by atoms with Crippen molar-refractivity contribution in [3.05, 3.63) is 82.6 Å². The molecule has 0 bridgehead atoms. The van der Waals surface area contributed by atoms with Gasteiger partial charge in [-0.3, -0.25) is 4.90 Å². The highest BCUT2D eigenvalue weighted by Crippen LogP contribution is 2.23. The average molecular weight is 504 g/mol. The molecule has 0 aliphatic carbocycles. The van der Waals surface area contributed by atoms with Gasteiger partial charge in [-0.15, -0.1) is 0 Å². The number of carboxylic acid groups (broad SMARTS) is 1. The van der Waals surface area contributed by atoms with Crippen molar-refractivity contribution >= 4 is 17.7 Å². The first-order valence-electron chi connectivity index (χ1n) is 12.0. The fourth-order valence-corrected chi connectivity index (χ4v) is 4.37. The quantitative estimate of drug-likeness (QED) is 0.427. The minimum Gasteiger partial charge on any atom is -0.492 e. The highest BCUT2D eigenvalue weighted by molar-refractivity contribution is 6.30. The number of aryl methyl sites for hydroxylation is 1. The van der Waals surface area contributed by atoms with Crippen molar-refractivity contribution in [3.63, 3.8) is 0 Å². The molecule has 1 fully saturated rings. The van der Waals surface area contributed by atoms with Crippen molar-refractivity contribution in [1.82, 2.24) is 15.2 Å². The Morgan fingerprint density at radius 1 is 1.11 bits per heavy atom. The fourth-order valence-electron chi connectivity index (χ4n) is 4.24. The lowest BCUT2D eigenvalue weighted by molar-refractivity contribution is 0.119. The molecule has 1 saturated heterocycles. The van der Waals surface area contributed by atoms with Gasteiger partial charge in [0.1, 0.15) is 18.1 Å². The molecule has 7 heteroatoms. The zero-order valence-corrected chi connectivity index (χ0v) is 21.3. The van der Waals surface area contributed by atoms with Crippen LogP contribution in [0.15, 0.2) is 60.8 Å². The minimum absolute atomic E-state index is 0.342. The summed E-state index contributed by atoms with van der Waals surface area (Å²) in [6.45, 7) is 7.07. The van der Waals surface area contributed by atoms with E-state index in [9.17, 15) is 4.79 Å². The second-order valence-electron chi connectivity index (χ2n) is 9.35. The fraction of sp³-hybridized carbons (Fsp3) is 0.310. The zero-order valence-electron chi connectivity index (χ0n) is 20.6. The van der Waals surface area contributed by atoms with Gasteiger partial charge in [0.2, 0.25) is 0 Å². The zero-order chi connectivity index (χ0) is 25.5. The molecule has 2 heterocycles. The van der Waals surface area contributed by atoms with Crippen LogP contribution in [0.4, 0.5) is 4.79 Å². The third-order valence-corrected chi connectivity index (χ3v) is 6.74. The van der Waals surface area contributed by atoms with Gasteiger partial charge in [-0.1, -0.05) is 35.7 Å². The molecule has 1 aliphatic heterocycles. The van der Waals surface area contributed by atoms with Crippen LogP contribution in [0.5, 0.6) is 5.75 Å². The molecule has 1 aliphatic rings. The molecule has 0 spiro atoms. The molecule has 6 nitrogen and oxygen atoms in total. The summed E-state index contributed by atoms with van der Waals surface area (Å²) in [5.74, 6) is 7.16. The number of hydrogen-bond acceptors (Lipinski definition) is 4. The van der Waals surface area contributed by atoms with Crippen LogP contribution in [0, 0.1) is 18.8 Å². The van der Waals surface area contributed by atoms with E-state index >= 15 is 0 Å². The van der Waals surface area contributed by atoms with Gasteiger partial charge in [-0.25, -0.2) is 9.78 Å². The van der Waals surface area contributed by atoms with Crippen molar-refractivity contribution in [1.29, 1.82) is 0 Å². The molecular formula is C29H30ClN3O3. The standard InChI is InChI=1S/C29H30ClN3O3/c1-21-19-22(3-10-26-11-7-24(20-31-26)23-5-8-25(30)9-6-23)4-12-27(21)36-18-17-33-15-13-29(2,14-16-33)32-28(34)35/h4-9,11-12,19-20,32H,13-18H2,1-2H3,(H,34,35). The molecule has 36 heavy (non-hydrogen) atoms. The lowest BCUT2D eigenvalue weighted by Crippen LogP contribution is -2.53. The van der Waals surface area contributed by atoms with Crippen LogP contribution in [0.1, 0.15) is 36.6 Å². The van der Waals surface area contributed by atoms with Gasteiger partial charge < -0.3 is 15.2 Å². The molecule has 0 radical (unpaired) electrons. The molecule has 1 aromatic heterocycles. The van der Waals surface area contributed by atoms with Gasteiger partial charge in [0.05, 0.1) is 0 Å². The predicted octanol–water partition coefficient (Wildman–Crippen LogP) is 5.61. The maximum Gasteiger partial charge on any atom is 0.405 e. The van der Waals surface area contributed by atoms with Gasteiger partial charge in [0.25, 0.3) is 0 Å². The number of rotatable bonds is 6. The van der Waals surface area contributed by atoms with Crippen LogP contribution < -0.4 is 10.1 Å². The van der Waals surface area contributed by atoms with Crippen LogP contribution in [0.3, 0.4) is 0 Å². The van der Waals surface area contributed by atoms with Crippen molar-refractivity contribution in [3.8, 4) is 28.7 Å². The van der Waals surface area contributed by atoms with Crippen molar-refractivity contribution in [2.45, 2.75) is 32.2 Å². The van der Waals surface area contributed by atoms with Gasteiger partial charge in [-0.05, 0) is 80.1 Å². The smallest absolute Gasteiger partial charge is 0.405 e. The Morgan fingerprint density at radius 2 is 1.83 bits per heavy atom. The molecular weight excluding hydrogens is 474 g/mol. The third kappa shape index (κ3) is 7.00. The van der Waals surface area contributed by atoms with Gasteiger partial charge in [0, 0.05) is 47.5 Å². The Bertz CT molecular complexity index is 1260. The number of likely N-dealkylation sites (tertiary alicyclic amines) is 1. The number of nitrogens with one attached hydrogen (secondary N) is 1. The minimum atomic E-state index is -0.957. The number of ether oxygens (including phenoxy) is 1. The number of carbonyl (C=O) groups is 1. The Labute approximate surface area is 217 Å². The first kappa shape index (κ1) is 25.6. The van der Waals surface area contributed by atoms with Gasteiger partial charge in [-0.2, -0.15) is 0 Å². The number of piperidine rings is 1. The second kappa shape index (κ2) is 11.5. The van der Waals surface area contributed by atoms with Crippen molar-refractivity contribution in [2.75, 3.05) is 26.2 Å². The van der Waals surface area contributed by atoms with E-state index < -0.39 is 6.09 Å². The van der Waals surface area contributed by atoms with E-state index in [1.807, 2.05) is 74.6 Å². The summed E-state index contributed by atoms with van der Waals surface area (Å²) < 4.78 is 6.02. The number of pyridine rings is 1. The summed E-state index contributed by atoms with van der Waals surface area (Å²) in [6.07, 6.45) is 2.46. The van der Waals surface area contributed by atoms with E-state index in [4.69, 9.17) is 21.4 Å². The lowest BCUT2D eigenvalue weighted by atomic mass is 9.90. The normalized spacial score (nSPS) is 15.0. The predicted molar refractivity (Wildman–Crippen MR) is 143 cm³/mol. The van der Waals surface area contributed by atoms with Gasteiger partial charge in [0.15, 0.2) is 0 Å². The molecule has 0 atom stereocenters. The maximum atomic E-state index is 11.0. The molecule has 186 valence electrons. The number of halogens is 1. The monoisotopic (exact) mass is 503 g/mol. The molecule has 0 unspecified atom stereocenters. The van der Waals surface area contributed by atoms with E-state index in [0.29, 0.717) is 17.3 Å². The largest absolute Gasteiger partial charge is 0.492 e. The van der Waals surface area contributed by atoms with Gasteiger partial charge >= 0.3 is 6.09 Å². The topological polar surface area (TPSA) is 74.7 Å². The first-order valence-corrected chi connectivity index (χ1v) is 12.4. The molecule has 1 amide bonds. The third-order valence-electron chi connectivity index (χ3n) is 6.48. The van der Waals surface area contributed by atoms with Crippen LogP contribution >= 0.6 is 11.6 Å². The molecule has 2 N–H and O–H groups in total. The van der Waals surface area contributed by atoms with Crippen LogP contribution in [-0.4, -0.2) is 52.9 Å². The van der Waals surface area contributed by atoms with E-state index in [1.165, 1.54) is 0 Å². The summed E-state index contributed by atoms with van der Waals surface area (Å²) >= 11 is 5.96. The van der Waals surface area contributed by atoms with Crippen LogP contribution in [0.2, 0.25) is 5.02 Å². The summed E-state index contributed by atoms with van der Waals surface area (Å²) in [7, 11) is 0. The highest BCUT2D eigenvalue weighted by atomic mass is 35.5. The van der Waals surface area contributed by atoms with Crippen LogP contribution in [0.25, 0.3) is 11.1 Å². The van der Waals surface area contributed by atoms with E-state index in [0.717, 1.165) is 60.5 Å². The number of benzene rings is 2.